The molecule has 0 radical (unpaired) electrons. The summed E-state index contributed by atoms with van der Waals surface area (Å²) in [7, 11) is 0. The van der Waals surface area contributed by atoms with Crippen molar-refractivity contribution in [2.75, 3.05) is 19.6 Å². The first-order chi connectivity index (χ1) is 9.11. The van der Waals surface area contributed by atoms with E-state index in [-0.39, 0.29) is 5.91 Å². The van der Waals surface area contributed by atoms with Crippen LogP contribution in [0.3, 0.4) is 0 Å². The number of furan rings is 1. The molecule has 2 rings (SSSR count). The summed E-state index contributed by atoms with van der Waals surface area (Å²) in [6, 6.07) is 2.28. The molecule has 1 saturated heterocycles. The number of amides is 1. The molecule has 1 aliphatic heterocycles. The van der Waals surface area contributed by atoms with Crippen molar-refractivity contribution in [3.63, 3.8) is 0 Å². The molecule has 19 heavy (non-hydrogen) atoms. The highest BCUT2D eigenvalue weighted by Crippen LogP contribution is 2.17. The van der Waals surface area contributed by atoms with Crippen molar-refractivity contribution in [1.29, 1.82) is 0 Å². The Morgan fingerprint density at radius 3 is 2.79 bits per heavy atom. The van der Waals surface area contributed by atoms with Gasteiger partial charge >= 0.3 is 0 Å². The number of nitrogens with one attached hydrogen (secondary N) is 1. The van der Waals surface area contributed by atoms with Gasteiger partial charge in [0.05, 0.1) is 5.56 Å². The molecule has 1 amide bonds. The maximum Gasteiger partial charge on any atom is 0.257 e. The van der Waals surface area contributed by atoms with E-state index in [4.69, 9.17) is 4.42 Å². The Morgan fingerprint density at radius 2 is 2.26 bits per heavy atom. The zero-order chi connectivity index (χ0) is 13.8. The minimum atomic E-state index is 0.0872. The Hall–Kier alpha value is -1.29. The molecule has 1 aromatic rings. The molecule has 0 spiro atoms. The van der Waals surface area contributed by atoms with Crippen molar-refractivity contribution in [3.8, 4) is 0 Å². The van der Waals surface area contributed by atoms with Gasteiger partial charge in [0.1, 0.15) is 11.5 Å². The summed E-state index contributed by atoms with van der Waals surface area (Å²) in [6.45, 7) is 8.36. The lowest BCUT2D eigenvalue weighted by molar-refractivity contribution is 0.0739. The first kappa shape index (κ1) is 14.1. The van der Waals surface area contributed by atoms with Gasteiger partial charge in [-0.3, -0.25) is 4.79 Å². The maximum atomic E-state index is 12.5. The minimum absolute atomic E-state index is 0.0872. The van der Waals surface area contributed by atoms with Crippen molar-refractivity contribution in [3.05, 3.63) is 23.2 Å². The molecule has 1 N–H and O–H groups in total. The Balaban J connectivity index is 2.04. The van der Waals surface area contributed by atoms with E-state index in [1.807, 2.05) is 31.7 Å². The standard InChI is InChI=1S/C15H24N2O2/c1-4-17(10-13-7-5-6-8-16-13)15(18)14-9-11(2)19-12(14)3/h9,13,16H,4-8,10H2,1-3H3. The lowest BCUT2D eigenvalue weighted by Gasteiger charge is -2.29. The zero-order valence-electron chi connectivity index (χ0n) is 12.2. The maximum absolute atomic E-state index is 12.5. The molecule has 4 heteroatoms. The Morgan fingerprint density at radius 1 is 1.47 bits per heavy atom. The number of piperidine rings is 1. The average molecular weight is 264 g/mol. The SMILES string of the molecule is CCN(CC1CCCCN1)C(=O)c1cc(C)oc1C. The third-order valence-electron chi connectivity index (χ3n) is 3.79. The van der Waals surface area contributed by atoms with Crippen molar-refractivity contribution in [2.24, 2.45) is 0 Å². The number of nitrogens with zero attached hydrogens (tertiary/aromatic N) is 1. The van der Waals surface area contributed by atoms with Crippen LogP contribution in [0.4, 0.5) is 0 Å². The summed E-state index contributed by atoms with van der Waals surface area (Å²) in [4.78, 5) is 14.4. The number of carbonyl (C=O) groups excluding carboxylic acids is 1. The second kappa shape index (κ2) is 6.24. The second-order valence-corrected chi connectivity index (χ2v) is 5.32. The van der Waals surface area contributed by atoms with Crippen LogP contribution in [0.5, 0.6) is 0 Å². The third-order valence-corrected chi connectivity index (χ3v) is 3.79. The zero-order valence-corrected chi connectivity index (χ0v) is 12.2. The topological polar surface area (TPSA) is 45.5 Å². The molecule has 0 saturated carbocycles. The summed E-state index contributed by atoms with van der Waals surface area (Å²) in [5.41, 5.74) is 0.704. The van der Waals surface area contributed by atoms with Crippen LogP contribution in [0.15, 0.2) is 10.5 Å². The van der Waals surface area contributed by atoms with Gasteiger partial charge in [-0.15, -0.1) is 0 Å². The van der Waals surface area contributed by atoms with Crippen LogP contribution in [-0.2, 0) is 0 Å². The van der Waals surface area contributed by atoms with Crippen molar-refractivity contribution >= 4 is 5.91 Å². The number of likely N-dealkylation sites (N-methyl/N-ethyl adjacent to an activating group) is 1. The molecular weight excluding hydrogens is 240 g/mol. The molecule has 2 heterocycles. The van der Waals surface area contributed by atoms with E-state index in [1.54, 1.807) is 0 Å². The van der Waals surface area contributed by atoms with E-state index in [1.165, 1.54) is 12.8 Å². The second-order valence-electron chi connectivity index (χ2n) is 5.32. The van der Waals surface area contributed by atoms with E-state index in [0.717, 1.165) is 37.6 Å². The lowest BCUT2D eigenvalue weighted by atomic mass is 10.0. The van der Waals surface area contributed by atoms with E-state index < -0.39 is 0 Å². The van der Waals surface area contributed by atoms with E-state index in [9.17, 15) is 4.79 Å². The highest BCUT2D eigenvalue weighted by molar-refractivity contribution is 5.95. The molecule has 1 aliphatic rings. The molecular formula is C15H24N2O2. The highest BCUT2D eigenvalue weighted by Gasteiger charge is 2.23. The van der Waals surface area contributed by atoms with Crippen molar-refractivity contribution in [1.82, 2.24) is 10.2 Å². The predicted molar refractivity (Wildman–Crippen MR) is 75.4 cm³/mol. The molecule has 0 aromatic carbocycles. The van der Waals surface area contributed by atoms with Crippen LogP contribution in [0, 0.1) is 13.8 Å². The van der Waals surface area contributed by atoms with E-state index in [0.29, 0.717) is 11.6 Å². The van der Waals surface area contributed by atoms with Crippen LogP contribution in [0.2, 0.25) is 0 Å². The lowest BCUT2D eigenvalue weighted by Crippen LogP contribution is -2.45. The van der Waals surface area contributed by atoms with Crippen molar-refractivity contribution in [2.45, 2.75) is 46.1 Å². The fourth-order valence-electron chi connectivity index (χ4n) is 2.71. The molecule has 0 bridgehead atoms. The van der Waals surface area contributed by atoms with Gasteiger partial charge in [0, 0.05) is 19.1 Å². The van der Waals surface area contributed by atoms with Crippen LogP contribution in [0.25, 0.3) is 0 Å². The Kier molecular flexibility index (Phi) is 4.64. The first-order valence-corrected chi connectivity index (χ1v) is 7.21. The third kappa shape index (κ3) is 3.38. The quantitative estimate of drug-likeness (QED) is 0.909. The Bertz CT molecular complexity index is 433. The van der Waals surface area contributed by atoms with Crippen molar-refractivity contribution < 1.29 is 9.21 Å². The normalized spacial score (nSPS) is 19.4. The van der Waals surface area contributed by atoms with Crippen LogP contribution >= 0.6 is 0 Å². The van der Waals surface area contributed by atoms with Gasteiger partial charge in [-0.25, -0.2) is 0 Å². The van der Waals surface area contributed by atoms with Gasteiger partial charge in [0.25, 0.3) is 5.91 Å². The smallest absolute Gasteiger partial charge is 0.257 e. The van der Waals surface area contributed by atoms with Gasteiger partial charge in [0.2, 0.25) is 0 Å². The average Bonchev–Trinajstić information content (AvgIpc) is 2.75. The summed E-state index contributed by atoms with van der Waals surface area (Å²) < 4.78 is 5.46. The van der Waals surface area contributed by atoms with Gasteiger partial charge in [-0.05, 0) is 46.2 Å². The number of rotatable bonds is 4. The fourth-order valence-corrected chi connectivity index (χ4v) is 2.71. The minimum Gasteiger partial charge on any atom is -0.466 e. The monoisotopic (exact) mass is 264 g/mol. The van der Waals surface area contributed by atoms with Crippen LogP contribution in [-0.4, -0.2) is 36.5 Å². The molecule has 1 unspecified atom stereocenters. The van der Waals surface area contributed by atoms with Gasteiger partial charge < -0.3 is 14.6 Å². The molecule has 4 nitrogen and oxygen atoms in total. The van der Waals surface area contributed by atoms with E-state index in [2.05, 4.69) is 5.32 Å². The molecule has 1 aromatic heterocycles. The summed E-state index contributed by atoms with van der Waals surface area (Å²) in [5.74, 6) is 1.61. The van der Waals surface area contributed by atoms with Crippen LogP contribution < -0.4 is 5.32 Å². The van der Waals surface area contributed by atoms with Crippen LogP contribution in [0.1, 0.15) is 48.1 Å². The predicted octanol–water partition coefficient (Wildman–Crippen LogP) is 2.50. The number of aryl methyl sites for hydroxylation is 2. The summed E-state index contributed by atoms with van der Waals surface area (Å²) in [5, 5.41) is 3.49. The number of hydrogen-bond donors (Lipinski definition) is 1. The number of carbonyl (C=O) groups is 1. The highest BCUT2D eigenvalue weighted by atomic mass is 16.3. The molecule has 106 valence electrons. The Labute approximate surface area is 115 Å². The summed E-state index contributed by atoms with van der Waals surface area (Å²) >= 11 is 0. The molecule has 0 aliphatic carbocycles. The number of hydrogen-bond acceptors (Lipinski definition) is 3. The van der Waals surface area contributed by atoms with Gasteiger partial charge in [0.15, 0.2) is 0 Å². The molecule has 1 atom stereocenters. The summed E-state index contributed by atoms with van der Waals surface area (Å²) in [6.07, 6.45) is 3.66. The van der Waals surface area contributed by atoms with E-state index >= 15 is 0 Å². The fraction of sp³-hybridized carbons (Fsp3) is 0.667. The largest absolute Gasteiger partial charge is 0.466 e. The molecule has 1 fully saturated rings. The van der Waals surface area contributed by atoms with Gasteiger partial charge in [-0.1, -0.05) is 6.42 Å². The first-order valence-electron chi connectivity index (χ1n) is 7.21. The van der Waals surface area contributed by atoms with Gasteiger partial charge in [-0.2, -0.15) is 0 Å².